The van der Waals surface area contributed by atoms with Gasteiger partial charge in [0.05, 0.1) is 5.39 Å². The van der Waals surface area contributed by atoms with E-state index >= 15 is 0 Å². The monoisotopic (exact) mass is 301 g/mol. The van der Waals surface area contributed by atoms with E-state index in [4.69, 9.17) is 10.5 Å². The van der Waals surface area contributed by atoms with Crippen molar-refractivity contribution in [1.82, 2.24) is 9.97 Å². The molecule has 3 N–H and O–H groups in total. The van der Waals surface area contributed by atoms with Crippen LogP contribution in [0.15, 0.2) is 29.1 Å². The van der Waals surface area contributed by atoms with Crippen molar-refractivity contribution in [1.29, 1.82) is 0 Å². The van der Waals surface area contributed by atoms with Crippen LogP contribution in [0.4, 0.5) is 5.69 Å². The first-order chi connectivity index (χ1) is 10.0. The molecule has 21 heavy (non-hydrogen) atoms. The van der Waals surface area contributed by atoms with Crippen LogP contribution < -0.4 is 16.0 Å². The molecule has 3 rings (SSSR count). The van der Waals surface area contributed by atoms with Gasteiger partial charge in [0.25, 0.3) is 5.56 Å². The fraction of sp³-hybridized carbons (Fsp3) is 0.200. The summed E-state index contributed by atoms with van der Waals surface area (Å²) in [5.41, 5.74) is 7.20. The fourth-order valence-electron chi connectivity index (χ4n) is 2.12. The van der Waals surface area contributed by atoms with Gasteiger partial charge >= 0.3 is 0 Å². The van der Waals surface area contributed by atoms with E-state index in [-0.39, 0.29) is 12.2 Å². The molecule has 3 aromatic rings. The molecule has 6 heteroatoms. The van der Waals surface area contributed by atoms with E-state index in [1.54, 1.807) is 12.1 Å². The van der Waals surface area contributed by atoms with Gasteiger partial charge in [0, 0.05) is 16.6 Å². The van der Waals surface area contributed by atoms with E-state index in [1.165, 1.54) is 11.3 Å². The van der Waals surface area contributed by atoms with Crippen molar-refractivity contribution in [2.45, 2.75) is 20.5 Å². The number of fused-ring (bicyclic) bond motifs is 1. The van der Waals surface area contributed by atoms with Crippen LogP contribution in [0.25, 0.3) is 10.2 Å². The summed E-state index contributed by atoms with van der Waals surface area (Å²) in [6, 6.07) is 7.15. The highest BCUT2D eigenvalue weighted by molar-refractivity contribution is 7.18. The van der Waals surface area contributed by atoms with Gasteiger partial charge in [0.2, 0.25) is 0 Å². The lowest BCUT2D eigenvalue weighted by molar-refractivity contribution is 0.296. The highest BCUT2D eigenvalue weighted by atomic mass is 32.1. The SMILES string of the molecule is Cc1sc2nc(COc3cccc(N)c3)[nH]c(=O)c2c1C. The number of thiophene rings is 1. The van der Waals surface area contributed by atoms with Gasteiger partial charge in [-0.25, -0.2) is 4.98 Å². The first kappa shape index (κ1) is 13.6. The first-order valence-corrected chi connectivity index (χ1v) is 7.33. The Labute approximate surface area is 125 Å². The molecule has 0 aliphatic carbocycles. The minimum Gasteiger partial charge on any atom is -0.486 e. The van der Waals surface area contributed by atoms with E-state index in [0.717, 1.165) is 15.3 Å². The Morgan fingerprint density at radius 1 is 1.38 bits per heavy atom. The average Bonchev–Trinajstić information content (AvgIpc) is 2.72. The molecule has 0 atom stereocenters. The third kappa shape index (κ3) is 2.62. The number of nitrogen functional groups attached to an aromatic ring is 1. The van der Waals surface area contributed by atoms with E-state index in [2.05, 4.69) is 9.97 Å². The summed E-state index contributed by atoms with van der Waals surface area (Å²) in [4.78, 5) is 21.2. The van der Waals surface area contributed by atoms with Gasteiger partial charge in [-0.2, -0.15) is 0 Å². The number of benzene rings is 1. The van der Waals surface area contributed by atoms with Crippen LogP contribution in [0.2, 0.25) is 0 Å². The molecule has 2 aromatic heterocycles. The lowest BCUT2D eigenvalue weighted by Crippen LogP contribution is -2.13. The second kappa shape index (κ2) is 5.21. The molecule has 0 aliphatic heterocycles. The third-order valence-electron chi connectivity index (χ3n) is 3.32. The first-order valence-electron chi connectivity index (χ1n) is 6.52. The number of aromatic nitrogens is 2. The molecule has 0 spiro atoms. The number of nitrogens with two attached hydrogens (primary N) is 1. The largest absolute Gasteiger partial charge is 0.486 e. The van der Waals surface area contributed by atoms with E-state index in [0.29, 0.717) is 22.6 Å². The summed E-state index contributed by atoms with van der Waals surface area (Å²) < 4.78 is 5.61. The number of hydrogen-bond acceptors (Lipinski definition) is 5. The Morgan fingerprint density at radius 2 is 2.19 bits per heavy atom. The maximum absolute atomic E-state index is 12.1. The quantitative estimate of drug-likeness (QED) is 0.729. The second-order valence-corrected chi connectivity index (χ2v) is 6.04. The number of H-pyrrole nitrogens is 1. The minimum atomic E-state index is -0.118. The number of rotatable bonds is 3. The molecular weight excluding hydrogens is 286 g/mol. The Morgan fingerprint density at radius 3 is 2.95 bits per heavy atom. The smallest absolute Gasteiger partial charge is 0.260 e. The van der Waals surface area contributed by atoms with Crippen molar-refractivity contribution in [3.63, 3.8) is 0 Å². The molecule has 0 saturated carbocycles. The van der Waals surface area contributed by atoms with Crippen molar-refractivity contribution in [3.8, 4) is 5.75 Å². The van der Waals surface area contributed by atoms with Gasteiger partial charge in [-0.3, -0.25) is 4.79 Å². The summed E-state index contributed by atoms with van der Waals surface area (Å²) in [6.45, 7) is 4.13. The summed E-state index contributed by atoms with van der Waals surface area (Å²) in [6.07, 6.45) is 0. The van der Waals surface area contributed by atoms with Crippen molar-refractivity contribution in [3.05, 3.63) is 50.9 Å². The Kier molecular flexibility index (Phi) is 3.39. The second-order valence-electron chi connectivity index (χ2n) is 4.84. The van der Waals surface area contributed by atoms with Gasteiger partial charge in [-0.15, -0.1) is 11.3 Å². The molecule has 0 radical (unpaired) electrons. The number of anilines is 1. The number of aryl methyl sites for hydroxylation is 2. The summed E-state index contributed by atoms with van der Waals surface area (Å²) in [5, 5.41) is 0.671. The molecular formula is C15H15N3O2S. The summed E-state index contributed by atoms with van der Waals surface area (Å²) in [7, 11) is 0. The maximum atomic E-state index is 12.1. The zero-order valence-corrected chi connectivity index (χ0v) is 12.6. The predicted octanol–water partition coefficient (Wildman–Crippen LogP) is 2.76. The third-order valence-corrected chi connectivity index (χ3v) is 4.42. The molecule has 0 unspecified atom stereocenters. The van der Waals surface area contributed by atoms with Crippen LogP contribution in [0, 0.1) is 13.8 Å². The predicted molar refractivity (Wildman–Crippen MR) is 84.9 cm³/mol. The van der Waals surface area contributed by atoms with Gasteiger partial charge in [0.1, 0.15) is 23.0 Å². The number of nitrogens with zero attached hydrogens (tertiary/aromatic N) is 1. The van der Waals surface area contributed by atoms with Crippen LogP contribution in [0.5, 0.6) is 5.75 Å². The fourth-order valence-corrected chi connectivity index (χ4v) is 3.17. The van der Waals surface area contributed by atoms with E-state index < -0.39 is 0 Å². The Balaban J connectivity index is 1.90. The van der Waals surface area contributed by atoms with E-state index in [1.807, 2.05) is 26.0 Å². The minimum absolute atomic E-state index is 0.118. The molecule has 0 aliphatic rings. The van der Waals surface area contributed by atoms with Gasteiger partial charge in [-0.05, 0) is 31.5 Å². The van der Waals surface area contributed by atoms with Crippen LogP contribution in [0.3, 0.4) is 0 Å². The van der Waals surface area contributed by atoms with Crippen molar-refractivity contribution in [2.24, 2.45) is 0 Å². The lowest BCUT2D eigenvalue weighted by Gasteiger charge is -2.06. The standard InChI is InChI=1S/C15H15N3O2S/c1-8-9(2)21-15-13(8)14(19)17-12(18-15)7-20-11-5-3-4-10(16)6-11/h3-6H,7,16H2,1-2H3,(H,17,18,19). The molecule has 0 saturated heterocycles. The molecule has 2 heterocycles. The number of ether oxygens (including phenoxy) is 1. The lowest BCUT2D eigenvalue weighted by atomic mass is 10.2. The van der Waals surface area contributed by atoms with Crippen molar-refractivity contribution >= 4 is 27.2 Å². The zero-order valence-electron chi connectivity index (χ0n) is 11.8. The van der Waals surface area contributed by atoms with E-state index in [9.17, 15) is 4.79 Å². The Hall–Kier alpha value is -2.34. The van der Waals surface area contributed by atoms with Crippen LogP contribution >= 0.6 is 11.3 Å². The normalized spacial score (nSPS) is 11.0. The Bertz CT molecular complexity index is 867. The van der Waals surface area contributed by atoms with Gasteiger partial charge < -0.3 is 15.5 Å². The molecule has 5 nitrogen and oxygen atoms in total. The van der Waals surface area contributed by atoms with Crippen molar-refractivity contribution < 1.29 is 4.74 Å². The maximum Gasteiger partial charge on any atom is 0.260 e. The van der Waals surface area contributed by atoms with Crippen LogP contribution in [0.1, 0.15) is 16.3 Å². The van der Waals surface area contributed by atoms with Crippen LogP contribution in [-0.2, 0) is 6.61 Å². The highest BCUT2D eigenvalue weighted by Gasteiger charge is 2.11. The van der Waals surface area contributed by atoms with Crippen LogP contribution in [-0.4, -0.2) is 9.97 Å². The average molecular weight is 301 g/mol. The molecule has 0 amide bonds. The van der Waals surface area contributed by atoms with Gasteiger partial charge in [0.15, 0.2) is 0 Å². The number of hydrogen-bond donors (Lipinski definition) is 2. The topological polar surface area (TPSA) is 81.0 Å². The highest BCUT2D eigenvalue weighted by Crippen LogP contribution is 2.25. The molecule has 0 fully saturated rings. The molecule has 1 aromatic carbocycles. The summed E-state index contributed by atoms with van der Waals surface area (Å²) in [5.74, 6) is 1.16. The zero-order chi connectivity index (χ0) is 15.0. The number of aromatic amines is 1. The van der Waals surface area contributed by atoms with Crippen molar-refractivity contribution in [2.75, 3.05) is 5.73 Å². The molecule has 108 valence electrons. The van der Waals surface area contributed by atoms with Gasteiger partial charge in [-0.1, -0.05) is 6.07 Å². The molecule has 0 bridgehead atoms. The number of nitrogens with one attached hydrogen (secondary N) is 1. The summed E-state index contributed by atoms with van der Waals surface area (Å²) >= 11 is 1.52.